The maximum absolute atomic E-state index is 14.9. The average molecular weight is 569 g/mol. The Hall–Kier alpha value is -4.64. The van der Waals surface area contributed by atoms with Crippen LogP contribution in [0.15, 0.2) is 73.1 Å². The summed E-state index contributed by atoms with van der Waals surface area (Å²) in [6.07, 6.45) is 2.93. The van der Waals surface area contributed by atoms with Crippen LogP contribution in [0.1, 0.15) is 42.0 Å². The number of halogens is 2. The molecule has 1 saturated heterocycles. The van der Waals surface area contributed by atoms with Gasteiger partial charge in [0.05, 0.1) is 18.2 Å². The van der Waals surface area contributed by atoms with Crippen LogP contribution in [-0.4, -0.2) is 49.3 Å². The Morgan fingerprint density at radius 1 is 1.05 bits per heavy atom. The van der Waals surface area contributed by atoms with Crippen LogP contribution in [0, 0.1) is 40.7 Å². The van der Waals surface area contributed by atoms with E-state index < -0.39 is 23.3 Å². The van der Waals surface area contributed by atoms with Gasteiger partial charge in [-0.05, 0) is 91.3 Å². The first-order valence-corrected chi connectivity index (χ1v) is 13.7. The summed E-state index contributed by atoms with van der Waals surface area (Å²) >= 11 is 0. The van der Waals surface area contributed by atoms with Gasteiger partial charge in [-0.1, -0.05) is 30.0 Å². The van der Waals surface area contributed by atoms with E-state index in [-0.39, 0.29) is 18.0 Å². The third-order valence-electron chi connectivity index (χ3n) is 7.72. The third-order valence-corrected chi connectivity index (χ3v) is 7.72. The van der Waals surface area contributed by atoms with Crippen molar-refractivity contribution in [1.29, 1.82) is 5.26 Å². The van der Waals surface area contributed by atoms with Crippen molar-refractivity contribution >= 4 is 0 Å². The Balaban J connectivity index is 1.19. The molecule has 2 heterocycles. The molecule has 214 valence electrons. The molecule has 0 aliphatic carbocycles. The number of ether oxygens (including phenoxy) is 1. The predicted octanol–water partition coefficient (Wildman–Crippen LogP) is 4.44. The minimum atomic E-state index is -1.70. The second-order valence-electron chi connectivity index (χ2n) is 10.4. The largest absolute Gasteiger partial charge is 0.489 e. The number of likely N-dealkylation sites (tertiary alicyclic amines) is 1. The fraction of sp³-hybridized carbons (Fsp3) is 0.312. The summed E-state index contributed by atoms with van der Waals surface area (Å²) in [5.41, 5.74) is 0.785. The molecule has 1 aromatic heterocycles. The molecule has 10 heteroatoms. The Morgan fingerprint density at radius 2 is 1.76 bits per heavy atom. The average Bonchev–Trinajstić information content (AvgIpc) is 3.52. The molecular weight excluding hydrogens is 538 g/mol. The minimum Gasteiger partial charge on any atom is -0.489 e. The highest BCUT2D eigenvalue weighted by Crippen LogP contribution is 2.34. The van der Waals surface area contributed by atoms with Crippen molar-refractivity contribution < 1.29 is 18.6 Å². The van der Waals surface area contributed by atoms with Gasteiger partial charge in [0.1, 0.15) is 35.9 Å². The number of hydrogen-bond donors (Lipinski definition) is 1. The molecule has 0 saturated carbocycles. The van der Waals surface area contributed by atoms with Crippen molar-refractivity contribution in [3.05, 3.63) is 107 Å². The topological polar surface area (TPSA) is 100 Å². The molecule has 1 aliphatic rings. The van der Waals surface area contributed by atoms with Crippen LogP contribution >= 0.6 is 0 Å². The summed E-state index contributed by atoms with van der Waals surface area (Å²) in [5, 5.41) is 31.8. The number of tetrazole rings is 1. The molecule has 2 atom stereocenters. The van der Waals surface area contributed by atoms with Crippen LogP contribution < -0.4 is 4.74 Å². The number of rotatable bonds is 8. The van der Waals surface area contributed by atoms with E-state index in [1.165, 1.54) is 17.1 Å². The first-order valence-electron chi connectivity index (χ1n) is 13.7. The molecule has 0 bridgehead atoms. The highest BCUT2D eigenvalue weighted by atomic mass is 19.1. The smallest absolute Gasteiger partial charge is 0.138 e. The van der Waals surface area contributed by atoms with Crippen LogP contribution in [-0.2, 0) is 18.8 Å². The zero-order chi connectivity index (χ0) is 29.5. The van der Waals surface area contributed by atoms with E-state index in [4.69, 9.17) is 10.00 Å². The highest BCUT2D eigenvalue weighted by molar-refractivity contribution is 5.39. The number of benzene rings is 3. The van der Waals surface area contributed by atoms with Crippen LogP contribution in [0.3, 0.4) is 0 Å². The highest BCUT2D eigenvalue weighted by Gasteiger charge is 2.42. The van der Waals surface area contributed by atoms with E-state index in [0.29, 0.717) is 25.3 Å². The van der Waals surface area contributed by atoms with Gasteiger partial charge >= 0.3 is 0 Å². The quantitative estimate of drug-likeness (QED) is 0.314. The maximum atomic E-state index is 14.9. The molecule has 0 unspecified atom stereocenters. The molecule has 0 radical (unpaired) electrons. The SMILES string of the molecule is C[C@@H](N1CCC(C#Cc2ccc(OCc3ccc(C#N)cc3)cc2)CC1)[C@](O)(Cn1cnnn1)c1ccc(F)cc1F. The van der Waals surface area contributed by atoms with Gasteiger partial charge in [0.15, 0.2) is 0 Å². The summed E-state index contributed by atoms with van der Waals surface area (Å²) in [6, 6.07) is 19.7. The summed E-state index contributed by atoms with van der Waals surface area (Å²) in [7, 11) is 0. The fourth-order valence-electron chi connectivity index (χ4n) is 5.18. The lowest BCUT2D eigenvalue weighted by Crippen LogP contribution is -2.54. The summed E-state index contributed by atoms with van der Waals surface area (Å²) in [5.74, 6) is 6.01. The van der Waals surface area contributed by atoms with Gasteiger partial charge in [0, 0.05) is 29.2 Å². The van der Waals surface area contributed by atoms with Crippen molar-refractivity contribution in [3.63, 3.8) is 0 Å². The number of aromatic nitrogens is 4. The van der Waals surface area contributed by atoms with Gasteiger partial charge in [0.2, 0.25) is 0 Å². The van der Waals surface area contributed by atoms with E-state index in [1.807, 2.05) is 43.3 Å². The Morgan fingerprint density at radius 3 is 2.40 bits per heavy atom. The van der Waals surface area contributed by atoms with Gasteiger partial charge in [-0.15, -0.1) is 5.10 Å². The monoisotopic (exact) mass is 568 g/mol. The Labute approximate surface area is 243 Å². The summed E-state index contributed by atoms with van der Waals surface area (Å²) < 4.78 is 35.7. The molecule has 1 aliphatic heterocycles. The van der Waals surface area contributed by atoms with Gasteiger partial charge < -0.3 is 9.84 Å². The number of nitrogens with zero attached hydrogens (tertiary/aromatic N) is 6. The van der Waals surface area contributed by atoms with Crippen molar-refractivity contribution in [2.45, 2.75) is 44.6 Å². The normalized spacial score (nSPS) is 16.1. The van der Waals surface area contributed by atoms with E-state index in [0.717, 1.165) is 41.9 Å². The van der Waals surface area contributed by atoms with Gasteiger partial charge in [-0.25, -0.2) is 13.5 Å². The zero-order valence-corrected chi connectivity index (χ0v) is 23.1. The van der Waals surface area contributed by atoms with Gasteiger partial charge in [0.25, 0.3) is 0 Å². The Kier molecular flexibility index (Phi) is 8.87. The van der Waals surface area contributed by atoms with Crippen LogP contribution in [0.4, 0.5) is 8.78 Å². The molecule has 8 nitrogen and oxygen atoms in total. The summed E-state index contributed by atoms with van der Waals surface area (Å²) in [4.78, 5) is 2.10. The van der Waals surface area contributed by atoms with Crippen LogP contribution in [0.25, 0.3) is 0 Å². The van der Waals surface area contributed by atoms with Gasteiger partial charge in [-0.2, -0.15) is 5.26 Å². The second kappa shape index (κ2) is 12.9. The standard InChI is InChI=1S/C32H30F2N6O2/c1-23(32(41,21-40-22-36-37-38-40)30-13-10-28(33)18-31(30)34)39-16-14-25(15-17-39)3-2-24-8-11-29(12-9-24)42-20-27-6-4-26(19-35)5-7-27/h4-13,18,22-23,25,41H,14-17,20-21H2,1H3/t23-,32-/m1/s1. The van der Waals surface area contributed by atoms with Crippen LogP contribution in [0.2, 0.25) is 0 Å². The molecule has 0 amide bonds. The molecule has 1 fully saturated rings. The van der Waals surface area contributed by atoms with E-state index in [2.05, 4.69) is 38.3 Å². The van der Waals surface area contributed by atoms with Crippen molar-refractivity contribution in [2.24, 2.45) is 5.92 Å². The lowest BCUT2D eigenvalue weighted by Gasteiger charge is -2.43. The third kappa shape index (κ3) is 6.80. The van der Waals surface area contributed by atoms with Crippen LogP contribution in [0.5, 0.6) is 5.75 Å². The lowest BCUT2D eigenvalue weighted by molar-refractivity contribution is -0.0700. The predicted molar refractivity (Wildman–Crippen MR) is 151 cm³/mol. The van der Waals surface area contributed by atoms with Gasteiger partial charge in [-0.3, -0.25) is 4.90 Å². The lowest BCUT2D eigenvalue weighted by atomic mass is 9.84. The van der Waals surface area contributed by atoms with E-state index >= 15 is 0 Å². The second-order valence-corrected chi connectivity index (χ2v) is 10.4. The molecule has 3 aromatic carbocycles. The van der Waals surface area contributed by atoms with Crippen molar-refractivity contribution in [1.82, 2.24) is 25.1 Å². The molecule has 0 spiro atoms. The number of hydrogen-bond acceptors (Lipinski definition) is 7. The first-order chi connectivity index (χ1) is 20.3. The molecular formula is C32H30F2N6O2. The van der Waals surface area contributed by atoms with Crippen molar-refractivity contribution in [2.75, 3.05) is 13.1 Å². The molecule has 1 N–H and O–H groups in total. The minimum absolute atomic E-state index is 0.00172. The molecule has 5 rings (SSSR count). The fourth-order valence-corrected chi connectivity index (χ4v) is 5.18. The zero-order valence-electron chi connectivity index (χ0n) is 23.1. The first kappa shape index (κ1) is 28.9. The summed E-state index contributed by atoms with van der Waals surface area (Å²) in [6.45, 7) is 3.47. The van der Waals surface area contributed by atoms with E-state index in [9.17, 15) is 13.9 Å². The molecule has 4 aromatic rings. The number of nitriles is 1. The number of aliphatic hydroxyl groups is 1. The van der Waals surface area contributed by atoms with E-state index in [1.54, 1.807) is 12.1 Å². The maximum Gasteiger partial charge on any atom is 0.138 e. The Bertz CT molecular complexity index is 1590. The number of piperidine rings is 1. The molecule has 42 heavy (non-hydrogen) atoms. The van der Waals surface area contributed by atoms with Crippen molar-refractivity contribution in [3.8, 4) is 23.7 Å².